The number of rotatable bonds is 3. The number of nitrogens with zero attached hydrogens (tertiary/aromatic N) is 1. The summed E-state index contributed by atoms with van der Waals surface area (Å²) in [5.41, 5.74) is 1.45. The molecule has 0 aromatic carbocycles. The molecular formula is C11H20F3N3O2. The fourth-order valence-corrected chi connectivity index (χ4v) is 1.26. The van der Waals surface area contributed by atoms with Crippen molar-refractivity contribution in [3.63, 3.8) is 0 Å². The Morgan fingerprint density at radius 1 is 1.16 bits per heavy atom. The third kappa shape index (κ3) is 5.06. The molecule has 2 amide bonds. The van der Waals surface area contributed by atoms with Gasteiger partial charge in [-0.05, 0) is 27.7 Å². The van der Waals surface area contributed by atoms with E-state index in [1.165, 1.54) is 0 Å². The van der Waals surface area contributed by atoms with Crippen LogP contribution in [0.1, 0.15) is 27.7 Å². The highest BCUT2D eigenvalue weighted by atomic mass is 19.4. The summed E-state index contributed by atoms with van der Waals surface area (Å²) in [6.45, 7) is 5.24. The number of alkyl halides is 3. The summed E-state index contributed by atoms with van der Waals surface area (Å²) < 4.78 is 37.7. The molecule has 0 aliphatic rings. The molecule has 3 N–H and O–H groups in total. The summed E-state index contributed by atoms with van der Waals surface area (Å²) in [7, 11) is 1.10. The zero-order chi connectivity index (χ0) is 15.6. The lowest BCUT2D eigenvalue weighted by Crippen LogP contribution is -2.62. The minimum Gasteiger partial charge on any atom is -0.350 e. The van der Waals surface area contributed by atoms with E-state index >= 15 is 0 Å². The normalized spacial score (nSPS) is 15.6. The molecule has 112 valence electrons. The van der Waals surface area contributed by atoms with Gasteiger partial charge in [-0.25, -0.2) is 0 Å². The summed E-state index contributed by atoms with van der Waals surface area (Å²) in [6, 6.07) is 0. The van der Waals surface area contributed by atoms with Gasteiger partial charge in [-0.1, -0.05) is 0 Å². The molecule has 0 radical (unpaired) electrons. The Balaban J connectivity index is 4.73. The summed E-state index contributed by atoms with van der Waals surface area (Å²) in [4.78, 5) is 23.8. The van der Waals surface area contributed by atoms with Crippen LogP contribution in [0, 0.1) is 0 Å². The number of carbonyl (C=O) groups is 2. The summed E-state index contributed by atoms with van der Waals surface area (Å²) >= 11 is 0. The maximum atomic E-state index is 12.6. The highest BCUT2D eigenvalue weighted by Gasteiger charge is 2.55. The molecule has 0 bridgehead atoms. The number of nitrogens with one attached hydrogen (secondary N) is 1. The molecule has 0 aromatic heterocycles. The van der Waals surface area contributed by atoms with E-state index in [0.29, 0.717) is 11.8 Å². The number of halogens is 3. The number of amides is 2. The van der Waals surface area contributed by atoms with Crippen LogP contribution in [0.2, 0.25) is 0 Å². The third-order valence-corrected chi connectivity index (χ3v) is 2.28. The monoisotopic (exact) mass is 283 g/mol. The largest absolute Gasteiger partial charge is 0.415 e. The van der Waals surface area contributed by atoms with Crippen molar-refractivity contribution in [3.05, 3.63) is 0 Å². The van der Waals surface area contributed by atoms with Crippen LogP contribution < -0.4 is 11.1 Å². The van der Waals surface area contributed by atoms with Gasteiger partial charge in [-0.2, -0.15) is 13.2 Å². The first kappa shape index (κ1) is 17.7. The molecule has 8 heteroatoms. The maximum Gasteiger partial charge on any atom is 0.415 e. The Kier molecular flexibility index (Phi) is 4.99. The summed E-state index contributed by atoms with van der Waals surface area (Å²) in [5.74, 6) is -1.91. The molecule has 0 fully saturated rings. The highest BCUT2D eigenvalue weighted by molar-refractivity contribution is 5.90. The van der Waals surface area contributed by atoms with Gasteiger partial charge in [0.25, 0.3) is 5.91 Å². The van der Waals surface area contributed by atoms with Gasteiger partial charge in [0, 0.05) is 12.6 Å². The van der Waals surface area contributed by atoms with Gasteiger partial charge in [0.05, 0.1) is 6.54 Å². The highest BCUT2D eigenvalue weighted by Crippen LogP contribution is 2.29. The zero-order valence-corrected chi connectivity index (χ0v) is 11.7. The van der Waals surface area contributed by atoms with E-state index in [9.17, 15) is 22.8 Å². The Morgan fingerprint density at radius 2 is 1.58 bits per heavy atom. The van der Waals surface area contributed by atoms with Crippen LogP contribution in [0.4, 0.5) is 13.2 Å². The first-order valence-electron chi connectivity index (χ1n) is 5.60. The number of hydrogen-bond acceptors (Lipinski definition) is 3. The molecular weight excluding hydrogens is 263 g/mol. The Hall–Kier alpha value is -1.31. The summed E-state index contributed by atoms with van der Waals surface area (Å²) in [5, 5.41) is 2.54. The van der Waals surface area contributed by atoms with E-state index in [4.69, 9.17) is 5.73 Å². The maximum absolute atomic E-state index is 12.6. The van der Waals surface area contributed by atoms with Gasteiger partial charge in [-0.3, -0.25) is 9.59 Å². The van der Waals surface area contributed by atoms with Crippen LogP contribution in [0.15, 0.2) is 0 Å². The van der Waals surface area contributed by atoms with Crippen molar-refractivity contribution in [1.29, 1.82) is 0 Å². The lowest BCUT2D eigenvalue weighted by Gasteiger charge is -2.31. The van der Waals surface area contributed by atoms with Crippen LogP contribution >= 0.6 is 0 Å². The predicted octanol–water partition coefficient (Wildman–Crippen LogP) is 0.639. The van der Waals surface area contributed by atoms with Crippen molar-refractivity contribution in [1.82, 2.24) is 10.2 Å². The zero-order valence-electron chi connectivity index (χ0n) is 11.7. The predicted molar refractivity (Wildman–Crippen MR) is 64.2 cm³/mol. The van der Waals surface area contributed by atoms with Crippen molar-refractivity contribution in [2.75, 3.05) is 13.6 Å². The Morgan fingerprint density at radius 3 is 1.89 bits per heavy atom. The number of nitrogens with two attached hydrogens (primary N) is 1. The molecule has 5 nitrogen and oxygen atoms in total. The molecule has 0 saturated heterocycles. The molecule has 0 rings (SSSR count). The number of carbonyl (C=O) groups excluding carboxylic acids is 2. The van der Waals surface area contributed by atoms with Crippen LogP contribution in [0.25, 0.3) is 0 Å². The van der Waals surface area contributed by atoms with Gasteiger partial charge < -0.3 is 16.0 Å². The third-order valence-electron chi connectivity index (χ3n) is 2.28. The molecule has 0 heterocycles. The summed E-state index contributed by atoms with van der Waals surface area (Å²) in [6.07, 6.45) is -4.88. The minimum absolute atomic E-state index is 0.487. The second-order valence-electron chi connectivity index (χ2n) is 5.66. The van der Waals surface area contributed by atoms with Crippen LogP contribution in [0.5, 0.6) is 0 Å². The van der Waals surface area contributed by atoms with Gasteiger partial charge in [-0.15, -0.1) is 0 Å². The Labute approximate surface area is 110 Å². The first-order chi connectivity index (χ1) is 8.18. The molecule has 0 spiro atoms. The second kappa shape index (κ2) is 5.36. The molecule has 1 atom stereocenters. The van der Waals surface area contributed by atoms with E-state index in [-0.39, 0.29) is 0 Å². The van der Waals surface area contributed by atoms with Crippen LogP contribution in [-0.4, -0.2) is 47.6 Å². The molecule has 0 aromatic rings. The Bertz CT molecular complexity index is 359. The smallest absolute Gasteiger partial charge is 0.350 e. The van der Waals surface area contributed by atoms with Gasteiger partial charge in [0.2, 0.25) is 5.91 Å². The van der Waals surface area contributed by atoms with Gasteiger partial charge >= 0.3 is 6.18 Å². The number of hydrogen-bond donors (Lipinski definition) is 2. The van der Waals surface area contributed by atoms with Gasteiger partial charge in [0.15, 0.2) is 5.54 Å². The van der Waals surface area contributed by atoms with Crippen molar-refractivity contribution in [3.8, 4) is 0 Å². The minimum atomic E-state index is -4.88. The number of likely N-dealkylation sites (N-methyl/N-ethyl adjacent to an activating group) is 1. The van der Waals surface area contributed by atoms with E-state index in [1.807, 2.05) is 0 Å². The molecule has 19 heavy (non-hydrogen) atoms. The van der Waals surface area contributed by atoms with E-state index in [2.05, 4.69) is 5.32 Å². The quantitative estimate of drug-likeness (QED) is 0.798. The van der Waals surface area contributed by atoms with Gasteiger partial charge in [0.1, 0.15) is 0 Å². The molecule has 0 aliphatic carbocycles. The second-order valence-corrected chi connectivity index (χ2v) is 5.66. The lowest BCUT2D eigenvalue weighted by atomic mass is 10.0. The van der Waals surface area contributed by atoms with Crippen molar-refractivity contribution in [2.45, 2.75) is 44.9 Å². The fraction of sp³-hybridized carbons (Fsp3) is 0.818. The van der Waals surface area contributed by atoms with Crippen molar-refractivity contribution in [2.24, 2.45) is 5.73 Å². The van der Waals surface area contributed by atoms with E-state index < -0.39 is 35.6 Å². The van der Waals surface area contributed by atoms with E-state index in [1.54, 1.807) is 20.8 Å². The van der Waals surface area contributed by atoms with Crippen molar-refractivity contribution >= 4 is 11.8 Å². The molecule has 0 saturated carbocycles. The average Bonchev–Trinajstić information content (AvgIpc) is 2.10. The van der Waals surface area contributed by atoms with Crippen LogP contribution in [0.3, 0.4) is 0 Å². The standard InChI is InChI=1S/C11H20F3N3O2/c1-9(2,3)16-7(18)6-17(5)8(19)10(4,15)11(12,13)14/h6,15H2,1-5H3,(H,16,18). The van der Waals surface area contributed by atoms with Crippen LogP contribution in [-0.2, 0) is 9.59 Å². The fourth-order valence-electron chi connectivity index (χ4n) is 1.26. The average molecular weight is 283 g/mol. The lowest BCUT2D eigenvalue weighted by molar-refractivity contribution is -0.193. The molecule has 1 unspecified atom stereocenters. The van der Waals surface area contributed by atoms with E-state index in [0.717, 1.165) is 7.05 Å². The first-order valence-corrected chi connectivity index (χ1v) is 5.60. The topological polar surface area (TPSA) is 75.4 Å². The SMILES string of the molecule is CN(CC(=O)NC(C)(C)C)C(=O)C(C)(N)C(F)(F)F. The van der Waals surface area contributed by atoms with Crippen molar-refractivity contribution < 1.29 is 22.8 Å². The molecule has 0 aliphatic heterocycles.